The topological polar surface area (TPSA) is 75.1 Å². The minimum Gasteiger partial charge on any atom is -0.506 e. The van der Waals surface area contributed by atoms with E-state index in [-0.39, 0.29) is 11.7 Å². The van der Waals surface area contributed by atoms with Gasteiger partial charge in [0.1, 0.15) is 11.6 Å². The Labute approximate surface area is 138 Å². The average molecular weight is 317 g/mol. The number of nitrogens with zero attached hydrogens (tertiary/aromatic N) is 2. The summed E-state index contributed by atoms with van der Waals surface area (Å²) in [4.78, 5) is 21.2. The molecule has 0 saturated carbocycles. The molecule has 2 aromatic heterocycles. The van der Waals surface area contributed by atoms with Gasteiger partial charge >= 0.3 is 0 Å². The molecule has 3 aromatic rings. The number of aromatic nitrogens is 2. The van der Waals surface area contributed by atoms with Crippen molar-refractivity contribution in [3.8, 4) is 5.75 Å². The third kappa shape index (κ3) is 2.13. The highest BCUT2D eigenvalue weighted by molar-refractivity contribution is 6.34. The van der Waals surface area contributed by atoms with E-state index in [4.69, 9.17) is 0 Å². The first-order valence-corrected chi connectivity index (χ1v) is 7.64. The summed E-state index contributed by atoms with van der Waals surface area (Å²) in [5.41, 5.74) is 3.80. The molecule has 1 aliphatic heterocycles. The molecule has 4 rings (SSSR count). The molecule has 0 fully saturated rings. The summed E-state index contributed by atoms with van der Waals surface area (Å²) in [6, 6.07) is 11.7. The maximum atomic E-state index is 12.3. The summed E-state index contributed by atoms with van der Waals surface area (Å²) in [6.07, 6.45) is 1.73. The van der Waals surface area contributed by atoms with E-state index in [1.54, 1.807) is 19.9 Å². The molecule has 24 heavy (non-hydrogen) atoms. The minimum absolute atomic E-state index is 0.114. The van der Waals surface area contributed by atoms with Gasteiger partial charge in [-0.25, -0.2) is 9.97 Å². The summed E-state index contributed by atoms with van der Waals surface area (Å²) >= 11 is 0. The smallest absolute Gasteiger partial charge is 0.257 e. The Morgan fingerprint density at radius 3 is 2.71 bits per heavy atom. The van der Waals surface area contributed by atoms with Gasteiger partial charge in [-0.3, -0.25) is 4.79 Å². The van der Waals surface area contributed by atoms with E-state index in [9.17, 15) is 9.90 Å². The highest BCUT2D eigenvalue weighted by Gasteiger charge is 2.29. The second-order valence-electron chi connectivity index (χ2n) is 5.84. The summed E-state index contributed by atoms with van der Waals surface area (Å²) in [5.74, 6) is 0.364. The molecule has 3 heterocycles. The van der Waals surface area contributed by atoms with Gasteiger partial charge < -0.3 is 10.4 Å². The molecule has 0 saturated heterocycles. The SMILES string of the molecule is Cc1nc2c(c(C)c1O)/C(=C/c1ccc3ccccc3n1)C(=O)N2. The van der Waals surface area contributed by atoms with E-state index in [1.807, 2.05) is 36.4 Å². The number of rotatable bonds is 1. The van der Waals surface area contributed by atoms with Gasteiger partial charge in [0.15, 0.2) is 0 Å². The van der Waals surface area contributed by atoms with E-state index < -0.39 is 0 Å². The summed E-state index contributed by atoms with van der Waals surface area (Å²) in [6.45, 7) is 3.49. The second kappa shape index (κ2) is 5.16. The first kappa shape index (κ1) is 14.4. The lowest BCUT2D eigenvalue weighted by atomic mass is 10.0. The number of amides is 1. The average Bonchev–Trinajstić information content (AvgIpc) is 2.88. The van der Waals surface area contributed by atoms with Crippen molar-refractivity contribution in [2.45, 2.75) is 13.8 Å². The van der Waals surface area contributed by atoms with Crippen LogP contribution >= 0.6 is 0 Å². The fraction of sp³-hybridized carbons (Fsp3) is 0.105. The molecule has 1 aliphatic rings. The lowest BCUT2D eigenvalue weighted by molar-refractivity contribution is -0.110. The maximum Gasteiger partial charge on any atom is 0.257 e. The predicted octanol–water partition coefficient (Wildman–Crippen LogP) is 3.44. The molecule has 0 spiro atoms. The van der Waals surface area contributed by atoms with Gasteiger partial charge in [-0.1, -0.05) is 24.3 Å². The molecule has 1 amide bonds. The number of para-hydroxylation sites is 1. The van der Waals surface area contributed by atoms with Crippen LogP contribution in [0.5, 0.6) is 5.75 Å². The molecule has 0 bridgehead atoms. The highest BCUT2D eigenvalue weighted by atomic mass is 16.3. The fourth-order valence-electron chi connectivity index (χ4n) is 3.00. The fourth-order valence-corrected chi connectivity index (χ4v) is 3.00. The number of pyridine rings is 2. The van der Waals surface area contributed by atoms with Crippen molar-refractivity contribution in [3.05, 3.63) is 58.9 Å². The number of aromatic hydroxyl groups is 1. The van der Waals surface area contributed by atoms with Gasteiger partial charge in [0.05, 0.1) is 22.5 Å². The summed E-state index contributed by atoms with van der Waals surface area (Å²) in [7, 11) is 0. The number of carbonyl (C=O) groups excluding carboxylic acids is 1. The van der Waals surface area contributed by atoms with Gasteiger partial charge in [0, 0.05) is 16.5 Å². The highest BCUT2D eigenvalue weighted by Crippen LogP contribution is 2.38. The molecule has 5 nitrogen and oxygen atoms in total. The van der Waals surface area contributed by atoms with Crippen LogP contribution in [0.3, 0.4) is 0 Å². The van der Waals surface area contributed by atoms with Crippen molar-refractivity contribution < 1.29 is 9.90 Å². The third-order valence-electron chi connectivity index (χ3n) is 4.25. The minimum atomic E-state index is -0.236. The van der Waals surface area contributed by atoms with Gasteiger partial charge in [-0.05, 0) is 32.1 Å². The number of nitrogens with one attached hydrogen (secondary N) is 1. The number of anilines is 1. The Hall–Kier alpha value is -3.21. The first-order valence-electron chi connectivity index (χ1n) is 7.64. The summed E-state index contributed by atoms with van der Waals surface area (Å²) < 4.78 is 0. The molecule has 0 unspecified atom stereocenters. The van der Waals surface area contributed by atoms with Crippen molar-refractivity contribution in [1.82, 2.24) is 9.97 Å². The van der Waals surface area contributed by atoms with Crippen molar-refractivity contribution >= 4 is 34.3 Å². The van der Waals surface area contributed by atoms with Crippen molar-refractivity contribution in [2.24, 2.45) is 0 Å². The number of hydrogen-bond donors (Lipinski definition) is 2. The third-order valence-corrected chi connectivity index (χ3v) is 4.25. The van der Waals surface area contributed by atoms with E-state index in [1.165, 1.54) is 0 Å². The first-order chi connectivity index (χ1) is 11.5. The Balaban J connectivity index is 1.89. The Bertz CT molecular complexity index is 1040. The number of fused-ring (bicyclic) bond motifs is 2. The number of hydrogen-bond acceptors (Lipinski definition) is 4. The largest absolute Gasteiger partial charge is 0.506 e. The van der Waals surface area contributed by atoms with Crippen LogP contribution in [0.25, 0.3) is 22.6 Å². The number of benzene rings is 1. The Morgan fingerprint density at radius 2 is 1.88 bits per heavy atom. The van der Waals surface area contributed by atoms with Crippen LogP contribution in [0.15, 0.2) is 36.4 Å². The predicted molar refractivity (Wildman–Crippen MR) is 93.6 cm³/mol. The van der Waals surface area contributed by atoms with Crippen molar-refractivity contribution in [1.29, 1.82) is 0 Å². The van der Waals surface area contributed by atoms with Gasteiger partial charge in [0.2, 0.25) is 0 Å². The molecule has 0 aliphatic carbocycles. The van der Waals surface area contributed by atoms with E-state index in [0.717, 1.165) is 10.9 Å². The molecule has 0 atom stereocenters. The molecule has 0 radical (unpaired) electrons. The van der Waals surface area contributed by atoms with Crippen LogP contribution in [-0.4, -0.2) is 21.0 Å². The zero-order valence-electron chi connectivity index (χ0n) is 13.3. The van der Waals surface area contributed by atoms with Gasteiger partial charge in [0.25, 0.3) is 5.91 Å². The van der Waals surface area contributed by atoms with Crippen LogP contribution in [0, 0.1) is 13.8 Å². The van der Waals surface area contributed by atoms with Crippen LogP contribution < -0.4 is 5.32 Å². The van der Waals surface area contributed by atoms with Crippen LogP contribution in [0.4, 0.5) is 5.82 Å². The number of carbonyl (C=O) groups is 1. The normalized spacial score (nSPS) is 14.9. The van der Waals surface area contributed by atoms with E-state index >= 15 is 0 Å². The lowest BCUT2D eigenvalue weighted by Gasteiger charge is -2.08. The Morgan fingerprint density at radius 1 is 1.08 bits per heavy atom. The molecule has 118 valence electrons. The Kier molecular flexibility index (Phi) is 3.09. The van der Waals surface area contributed by atoms with E-state index in [2.05, 4.69) is 15.3 Å². The van der Waals surface area contributed by atoms with E-state index in [0.29, 0.717) is 33.9 Å². The maximum absolute atomic E-state index is 12.3. The number of aryl methyl sites for hydroxylation is 1. The molecule has 1 aromatic carbocycles. The van der Waals surface area contributed by atoms with Crippen molar-refractivity contribution in [2.75, 3.05) is 5.32 Å². The molecular weight excluding hydrogens is 302 g/mol. The zero-order valence-corrected chi connectivity index (χ0v) is 13.3. The standard InChI is InChI=1S/C19H15N3O2/c1-10-16-14(19(24)22-18(16)20-11(2)17(10)23)9-13-8-7-12-5-3-4-6-15(12)21-13/h3-9,23H,1-2H3,(H,20,22,24)/b14-9-. The van der Waals surface area contributed by atoms with Crippen LogP contribution in [-0.2, 0) is 4.79 Å². The molecule has 5 heteroatoms. The van der Waals surface area contributed by atoms with Crippen LogP contribution in [0.1, 0.15) is 22.5 Å². The van der Waals surface area contributed by atoms with Gasteiger partial charge in [-0.15, -0.1) is 0 Å². The van der Waals surface area contributed by atoms with Crippen molar-refractivity contribution in [3.63, 3.8) is 0 Å². The quantitative estimate of drug-likeness (QED) is 0.674. The molecular formula is C19H15N3O2. The van der Waals surface area contributed by atoms with Gasteiger partial charge in [-0.2, -0.15) is 0 Å². The monoisotopic (exact) mass is 317 g/mol. The summed E-state index contributed by atoms with van der Waals surface area (Å²) in [5, 5.41) is 13.9. The molecule has 2 N–H and O–H groups in total. The second-order valence-corrected chi connectivity index (χ2v) is 5.84. The lowest BCUT2D eigenvalue weighted by Crippen LogP contribution is -2.04. The van der Waals surface area contributed by atoms with Crippen LogP contribution in [0.2, 0.25) is 0 Å². The zero-order chi connectivity index (χ0) is 16.8.